The zero-order valence-electron chi connectivity index (χ0n) is 17.2. The zero-order valence-corrected chi connectivity index (χ0v) is 20.6. The van der Waals surface area contributed by atoms with Crippen LogP contribution in [0.3, 0.4) is 0 Å². The molecule has 0 saturated heterocycles. The number of halogens is 3. The maximum atomic E-state index is 6.35. The van der Waals surface area contributed by atoms with Gasteiger partial charge in [0.15, 0.2) is 0 Å². The van der Waals surface area contributed by atoms with Crippen LogP contribution in [-0.4, -0.2) is 42.2 Å². The van der Waals surface area contributed by atoms with Crippen LogP contribution in [0, 0.1) is 0 Å². The van der Waals surface area contributed by atoms with Crippen molar-refractivity contribution in [2.45, 2.75) is 88.6 Å². The van der Waals surface area contributed by atoms with Crippen LogP contribution in [0.2, 0.25) is 5.02 Å². The van der Waals surface area contributed by atoms with Gasteiger partial charge in [-0.05, 0) is 12.1 Å². The Hall–Kier alpha value is 0.379. The van der Waals surface area contributed by atoms with E-state index in [1.54, 1.807) is 0 Å². The average molecular weight is 514 g/mol. The number of hydrogen-bond donors (Lipinski definition) is 0. The molecule has 2 heterocycles. The summed E-state index contributed by atoms with van der Waals surface area (Å²) in [7, 11) is 9.59. The Balaban J connectivity index is 0.000000806. The first kappa shape index (κ1) is 25.0. The van der Waals surface area contributed by atoms with Crippen molar-refractivity contribution in [3.05, 3.63) is 49.8 Å². The molecule has 30 heavy (non-hydrogen) atoms. The van der Waals surface area contributed by atoms with Gasteiger partial charge in [-0.3, -0.25) is 4.98 Å². The van der Waals surface area contributed by atoms with E-state index in [0.29, 0.717) is 37.3 Å². The fourth-order valence-electron chi connectivity index (χ4n) is 4.67. The van der Waals surface area contributed by atoms with E-state index in [1.165, 1.54) is 25.7 Å². The number of aromatic nitrogens is 1. The van der Waals surface area contributed by atoms with Crippen molar-refractivity contribution in [2.24, 2.45) is 0 Å². The fraction of sp³-hybridized carbons (Fsp3) is 0.762. The molecule has 2 saturated carbocycles. The Morgan fingerprint density at radius 3 is 1.47 bits per heavy atom. The second-order valence-corrected chi connectivity index (χ2v) is 10.5. The Kier molecular flexibility index (Phi) is 11.5. The monoisotopic (exact) mass is 512 g/mol. The molecule has 3 aliphatic rings. The van der Waals surface area contributed by atoms with E-state index in [0.717, 1.165) is 55.2 Å². The summed E-state index contributed by atoms with van der Waals surface area (Å²) < 4.78 is 0. The van der Waals surface area contributed by atoms with Gasteiger partial charge in [0.1, 0.15) is 0 Å². The van der Waals surface area contributed by atoms with Crippen molar-refractivity contribution in [3.8, 4) is 0 Å². The van der Waals surface area contributed by atoms with Gasteiger partial charge >= 0.3 is 33.3 Å². The molecule has 1 aromatic heterocycles. The molecule has 5 nitrogen and oxygen atoms in total. The van der Waals surface area contributed by atoms with Crippen LogP contribution in [0.5, 0.6) is 0 Å². The first-order chi connectivity index (χ1) is 14.7. The van der Waals surface area contributed by atoms with Gasteiger partial charge in [-0.25, -0.2) is 0 Å². The van der Waals surface area contributed by atoms with Crippen molar-refractivity contribution >= 4 is 31.8 Å². The van der Waals surface area contributed by atoms with E-state index in [2.05, 4.69) is 0 Å². The minimum atomic E-state index is 0.00694. The Morgan fingerprint density at radius 2 is 1.07 bits per heavy atom. The molecule has 0 radical (unpaired) electrons. The SMILES string of the molecule is Clc1cc2nc(c1)C[N-][C@@H]1CCCC[C@H]1[N-]CC[N-][C@@H]1CCCC[C@H]1[N-]C2.[Cl][Mn][Cl]. The quantitative estimate of drug-likeness (QED) is 0.337. The third-order valence-corrected chi connectivity index (χ3v) is 6.31. The Bertz CT molecular complexity index is 590. The van der Waals surface area contributed by atoms with Crippen LogP contribution in [0.15, 0.2) is 12.1 Å². The number of hydrogen-bond acceptors (Lipinski definition) is 1. The van der Waals surface area contributed by atoms with Gasteiger partial charge < -0.3 is 21.3 Å². The van der Waals surface area contributed by atoms with Crippen LogP contribution in [-0.2, 0) is 26.2 Å². The molecule has 1 aromatic rings. The van der Waals surface area contributed by atoms with Gasteiger partial charge in [-0.15, -0.1) is 13.1 Å². The summed E-state index contributed by atoms with van der Waals surface area (Å²) in [5, 5.41) is 20.6. The summed E-state index contributed by atoms with van der Waals surface area (Å²) in [6.07, 6.45) is 9.62. The van der Waals surface area contributed by atoms with Crippen LogP contribution in [0.25, 0.3) is 21.3 Å². The zero-order chi connectivity index (χ0) is 21.2. The molecule has 171 valence electrons. The first-order valence-electron chi connectivity index (χ1n) is 10.9. The van der Waals surface area contributed by atoms with Gasteiger partial charge in [-0.1, -0.05) is 63.0 Å². The van der Waals surface area contributed by atoms with Gasteiger partial charge in [0.25, 0.3) is 0 Å². The molecule has 2 aliphatic carbocycles. The molecule has 1 aliphatic heterocycles. The summed E-state index contributed by atoms with van der Waals surface area (Å²) in [5.41, 5.74) is 1.91. The second-order valence-electron chi connectivity index (χ2n) is 8.15. The molecule has 4 rings (SSSR count). The molecule has 0 spiro atoms. The topological polar surface area (TPSA) is 69.3 Å². The van der Waals surface area contributed by atoms with Gasteiger partial charge in [0.05, 0.1) is 0 Å². The van der Waals surface area contributed by atoms with E-state index in [-0.39, 0.29) is 13.1 Å². The van der Waals surface area contributed by atoms with Gasteiger partial charge in [-0.2, -0.15) is 37.3 Å². The summed E-state index contributed by atoms with van der Waals surface area (Å²) in [5.74, 6) is 0. The van der Waals surface area contributed by atoms with Crippen molar-refractivity contribution in [3.63, 3.8) is 0 Å². The normalized spacial score (nSPS) is 30.5. The molecular formula is C21H30Cl3MnN5-4. The van der Waals surface area contributed by atoms with Crippen LogP contribution in [0.4, 0.5) is 0 Å². The van der Waals surface area contributed by atoms with Crippen molar-refractivity contribution in [1.29, 1.82) is 0 Å². The predicted molar refractivity (Wildman–Crippen MR) is 124 cm³/mol. The molecule has 2 bridgehead atoms. The molecule has 0 unspecified atom stereocenters. The molecule has 0 amide bonds. The molecule has 0 N–H and O–H groups in total. The van der Waals surface area contributed by atoms with Crippen LogP contribution in [0.1, 0.15) is 62.8 Å². The third kappa shape index (κ3) is 8.06. The van der Waals surface area contributed by atoms with E-state index in [4.69, 9.17) is 58.0 Å². The summed E-state index contributed by atoms with van der Waals surface area (Å²) >= 11 is 6.36. The van der Waals surface area contributed by atoms with E-state index in [9.17, 15) is 0 Å². The number of rotatable bonds is 0. The third-order valence-electron chi connectivity index (χ3n) is 6.09. The standard InChI is InChI=1S/C21H30ClN5.2ClH.Mn/c22-15-11-16-13-25-20-7-3-1-5-18(20)23-9-10-24-19-6-2-4-8-21(19)26-14-17(12-15)27-16;;;/h11-12,18-21H,1-10,13-14H2;2*1H;/q-4;;;+2/p-2/t18-,19-,20-,21-;;;/m1.../s1. The van der Waals surface area contributed by atoms with Crippen molar-refractivity contribution in [1.82, 2.24) is 4.98 Å². The number of nitrogens with zero attached hydrogens (tertiary/aromatic N) is 5. The van der Waals surface area contributed by atoms with Gasteiger partial charge in [0.2, 0.25) is 0 Å². The van der Waals surface area contributed by atoms with E-state index < -0.39 is 0 Å². The van der Waals surface area contributed by atoms with E-state index in [1.807, 2.05) is 12.1 Å². The molecule has 4 atom stereocenters. The van der Waals surface area contributed by atoms with Crippen molar-refractivity contribution < 1.29 is 13.1 Å². The van der Waals surface area contributed by atoms with Crippen molar-refractivity contribution in [2.75, 3.05) is 13.1 Å². The Labute approximate surface area is 200 Å². The number of pyridine rings is 1. The Morgan fingerprint density at radius 1 is 0.700 bits per heavy atom. The maximum absolute atomic E-state index is 6.35. The average Bonchev–Trinajstić information content (AvgIpc) is 2.75. The van der Waals surface area contributed by atoms with E-state index >= 15 is 0 Å². The predicted octanol–water partition coefficient (Wildman–Crippen LogP) is 7.24. The molecule has 0 aromatic carbocycles. The van der Waals surface area contributed by atoms with Crippen LogP contribution >= 0.6 is 31.8 Å². The molecule has 9 heteroatoms. The summed E-state index contributed by atoms with van der Waals surface area (Å²) in [4.78, 5) is 4.79. The number of fused-ring (bicyclic) bond motifs is 4. The minimum absolute atomic E-state index is 0.00694. The summed E-state index contributed by atoms with van der Waals surface area (Å²) in [6, 6.07) is 5.23. The summed E-state index contributed by atoms with van der Waals surface area (Å²) in [6.45, 7) is 2.91. The fourth-order valence-corrected chi connectivity index (χ4v) is 4.93. The molecular weight excluding hydrogens is 484 g/mol. The van der Waals surface area contributed by atoms with Gasteiger partial charge in [0, 0.05) is 16.4 Å². The second kappa shape index (κ2) is 13.8. The first-order valence-corrected chi connectivity index (χ1v) is 14.5. The molecule has 2 fully saturated rings. The van der Waals surface area contributed by atoms with Crippen LogP contribution < -0.4 is 0 Å².